The fourth-order valence-corrected chi connectivity index (χ4v) is 6.80. The highest BCUT2D eigenvalue weighted by atomic mass is 16.5. The SMILES string of the molecule is O=CCOCCOCCNC(=O)COCCOCCNC(=O)CC[C@H](NC(=O)C1CCN(C(=O)CCCCCCCCCCCCCCCCCCC(=O)O)CC1)C(=O)O. The van der Waals surface area contributed by atoms with E-state index in [4.69, 9.17) is 24.1 Å². The van der Waals surface area contributed by atoms with Crippen LogP contribution in [0.4, 0.5) is 0 Å². The standard InChI is InChI=1S/C43H76N4O13/c48-27-30-59-32-31-57-29-24-45-39(50)35-60-34-33-58-28-23-44-38(49)20-19-37(43(55)56)46-42(54)36-21-25-47(26-22-36)40(51)17-15-13-11-9-7-5-3-1-2-4-6-8-10-12-14-16-18-41(52)53/h27,36-37H,1-26,28-35H2,(H,44,49)(H,45,50)(H,46,54)(H,52,53)(H,55,56)/t37-/m0/s1. The number of likely N-dealkylation sites (tertiary alicyclic amines) is 1. The zero-order valence-electron chi connectivity index (χ0n) is 36.1. The summed E-state index contributed by atoms with van der Waals surface area (Å²) in [6.07, 6.45) is 20.8. The Kier molecular flexibility index (Phi) is 34.7. The molecule has 1 saturated heterocycles. The first kappa shape index (κ1) is 54.3. The van der Waals surface area contributed by atoms with Gasteiger partial charge in [-0.15, -0.1) is 0 Å². The number of unbranched alkanes of at least 4 members (excludes halogenated alkanes) is 15. The molecular formula is C43H76N4O13. The molecule has 4 amide bonds. The molecule has 0 aromatic heterocycles. The summed E-state index contributed by atoms with van der Waals surface area (Å²) >= 11 is 0. The van der Waals surface area contributed by atoms with Gasteiger partial charge in [0.25, 0.3) is 0 Å². The lowest BCUT2D eigenvalue weighted by atomic mass is 9.95. The first-order valence-corrected chi connectivity index (χ1v) is 22.4. The van der Waals surface area contributed by atoms with Crippen LogP contribution in [0.15, 0.2) is 0 Å². The number of carbonyl (C=O) groups is 7. The van der Waals surface area contributed by atoms with Gasteiger partial charge in [-0.25, -0.2) is 4.79 Å². The van der Waals surface area contributed by atoms with E-state index in [-0.39, 0.29) is 88.4 Å². The molecule has 17 nitrogen and oxygen atoms in total. The molecule has 346 valence electrons. The number of nitrogens with one attached hydrogen (secondary N) is 3. The van der Waals surface area contributed by atoms with E-state index in [0.717, 1.165) is 38.5 Å². The molecule has 0 aromatic carbocycles. The lowest BCUT2D eigenvalue weighted by molar-refractivity contribution is -0.143. The smallest absolute Gasteiger partial charge is 0.326 e. The van der Waals surface area contributed by atoms with Crippen LogP contribution in [-0.4, -0.2) is 142 Å². The van der Waals surface area contributed by atoms with Crippen molar-refractivity contribution < 1.29 is 62.7 Å². The number of rotatable bonds is 41. The van der Waals surface area contributed by atoms with Gasteiger partial charge in [-0.2, -0.15) is 0 Å². The molecule has 1 fully saturated rings. The quantitative estimate of drug-likeness (QED) is 0.0429. The lowest BCUT2D eigenvalue weighted by Gasteiger charge is -2.32. The monoisotopic (exact) mass is 857 g/mol. The van der Waals surface area contributed by atoms with Crippen molar-refractivity contribution in [1.29, 1.82) is 0 Å². The van der Waals surface area contributed by atoms with Crippen molar-refractivity contribution in [2.24, 2.45) is 5.92 Å². The Morgan fingerprint density at radius 3 is 1.55 bits per heavy atom. The van der Waals surface area contributed by atoms with Gasteiger partial charge in [-0.05, 0) is 32.1 Å². The van der Waals surface area contributed by atoms with E-state index < -0.39 is 18.0 Å². The van der Waals surface area contributed by atoms with E-state index in [1.807, 2.05) is 0 Å². The number of aldehydes is 1. The number of carboxylic acids is 2. The summed E-state index contributed by atoms with van der Waals surface area (Å²) in [4.78, 5) is 84.0. The average molecular weight is 857 g/mol. The summed E-state index contributed by atoms with van der Waals surface area (Å²) in [6.45, 7) is 2.81. The fourth-order valence-electron chi connectivity index (χ4n) is 6.80. The second kappa shape index (κ2) is 38.3. The lowest BCUT2D eigenvalue weighted by Crippen LogP contribution is -2.47. The zero-order chi connectivity index (χ0) is 43.9. The van der Waals surface area contributed by atoms with Crippen LogP contribution in [0, 0.1) is 5.92 Å². The minimum Gasteiger partial charge on any atom is -0.481 e. The first-order valence-electron chi connectivity index (χ1n) is 22.4. The molecule has 0 bridgehead atoms. The number of carbonyl (C=O) groups excluding carboxylic acids is 5. The third-order valence-corrected chi connectivity index (χ3v) is 10.3. The largest absolute Gasteiger partial charge is 0.481 e. The zero-order valence-corrected chi connectivity index (χ0v) is 36.1. The van der Waals surface area contributed by atoms with Crippen LogP contribution in [0.25, 0.3) is 0 Å². The van der Waals surface area contributed by atoms with E-state index in [9.17, 15) is 38.7 Å². The first-order chi connectivity index (χ1) is 29.1. The molecular weight excluding hydrogens is 780 g/mol. The summed E-state index contributed by atoms with van der Waals surface area (Å²) in [6, 6.07) is -1.20. The maximum Gasteiger partial charge on any atom is 0.326 e. The fraction of sp³-hybridized carbons (Fsp3) is 0.837. The third-order valence-electron chi connectivity index (χ3n) is 10.3. The molecule has 60 heavy (non-hydrogen) atoms. The van der Waals surface area contributed by atoms with Crippen LogP contribution >= 0.6 is 0 Å². The Morgan fingerprint density at radius 1 is 0.583 bits per heavy atom. The Hall–Kier alpha value is -3.67. The summed E-state index contributed by atoms with van der Waals surface area (Å²) < 4.78 is 20.8. The molecule has 1 rings (SSSR count). The van der Waals surface area contributed by atoms with E-state index in [2.05, 4.69) is 16.0 Å². The van der Waals surface area contributed by atoms with Crippen molar-refractivity contribution in [2.75, 3.05) is 79.0 Å². The van der Waals surface area contributed by atoms with E-state index >= 15 is 0 Å². The summed E-state index contributed by atoms with van der Waals surface area (Å²) in [5.41, 5.74) is 0. The number of hydrogen-bond donors (Lipinski definition) is 5. The minimum absolute atomic E-state index is 0.0229. The van der Waals surface area contributed by atoms with Gasteiger partial charge >= 0.3 is 11.9 Å². The number of carboxylic acid groups (broad SMARTS) is 2. The van der Waals surface area contributed by atoms with Gasteiger partial charge in [-0.1, -0.05) is 89.9 Å². The van der Waals surface area contributed by atoms with Crippen LogP contribution in [0.5, 0.6) is 0 Å². The van der Waals surface area contributed by atoms with Crippen molar-refractivity contribution in [3.05, 3.63) is 0 Å². The van der Waals surface area contributed by atoms with E-state index in [0.29, 0.717) is 65.0 Å². The van der Waals surface area contributed by atoms with Gasteiger partial charge in [-0.3, -0.25) is 24.0 Å². The predicted molar refractivity (Wildman–Crippen MR) is 224 cm³/mol. The van der Waals surface area contributed by atoms with Crippen molar-refractivity contribution in [3.63, 3.8) is 0 Å². The Labute approximate surface area is 357 Å². The van der Waals surface area contributed by atoms with Crippen molar-refractivity contribution in [2.45, 2.75) is 147 Å². The molecule has 0 saturated carbocycles. The third kappa shape index (κ3) is 32.1. The van der Waals surface area contributed by atoms with E-state index in [1.54, 1.807) is 4.90 Å². The molecule has 0 unspecified atom stereocenters. The van der Waals surface area contributed by atoms with Crippen LogP contribution in [0.3, 0.4) is 0 Å². The molecule has 1 aliphatic rings. The number of aliphatic carboxylic acids is 2. The maximum absolute atomic E-state index is 12.9. The molecule has 1 atom stereocenters. The highest BCUT2D eigenvalue weighted by molar-refractivity contribution is 5.86. The van der Waals surface area contributed by atoms with Crippen LogP contribution in [0.2, 0.25) is 0 Å². The normalized spacial score (nSPS) is 13.4. The molecule has 0 spiro atoms. The van der Waals surface area contributed by atoms with Gasteiger partial charge in [0.1, 0.15) is 25.5 Å². The van der Waals surface area contributed by atoms with Gasteiger partial charge in [0.15, 0.2) is 0 Å². The Balaban J connectivity index is 2.02. The highest BCUT2D eigenvalue weighted by Crippen LogP contribution is 2.20. The molecule has 0 radical (unpaired) electrons. The molecule has 0 aliphatic carbocycles. The Morgan fingerprint density at radius 2 is 1.05 bits per heavy atom. The van der Waals surface area contributed by atoms with Gasteiger partial charge in [0.05, 0.1) is 39.6 Å². The summed E-state index contributed by atoms with van der Waals surface area (Å²) in [5.74, 6) is -3.24. The Bertz CT molecular complexity index is 1180. The van der Waals surface area contributed by atoms with Gasteiger partial charge in [0, 0.05) is 51.4 Å². The van der Waals surface area contributed by atoms with Crippen molar-refractivity contribution in [1.82, 2.24) is 20.9 Å². The number of hydrogen-bond acceptors (Lipinski definition) is 11. The van der Waals surface area contributed by atoms with Crippen molar-refractivity contribution >= 4 is 41.9 Å². The van der Waals surface area contributed by atoms with Crippen LogP contribution in [-0.2, 0) is 52.5 Å². The average Bonchev–Trinajstić information content (AvgIpc) is 3.23. The van der Waals surface area contributed by atoms with Crippen LogP contribution < -0.4 is 16.0 Å². The number of piperidine rings is 1. The number of amides is 4. The topological polar surface area (TPSA) is 236 Å². The molecule has 5 N–H and O–H groups in total. The summed E-state index contributed by atoms with van der Waals surface area (Å²) in [7, 11) is 0. The van der Waals surface area contributed by atoms with E-state index in [1.165, 1.54) is 64.2 Å². The minimum atomic E-state index is -1.21. The second-order valence-electron chi connectivity index (χ2n) is 15.4. The van der Waals surface area contributed by atoms with Gasteiger partial charge < -0.3 is 54.8 Å². The second-order valence-corrected chi connectivity index (χ2v) is 15.4. The highest BCUT2D eigenvalue weighted by Gasteiger charge is 2.30. The number of ether oxygens (including phenoxy) is 4. The van der Waals surface area contributed by atoms with Crippen molar-refractivity contribution in [3.8, 4) is 0 Å². The predicted octanol–water partition coefficient (Wildman–Crippen LogP) is 4.18. The van der Waals surface area contributed by atoms with Crippen LogP contribution in [0.1, 0.15) is 141 Å². The van der Waals surface area contributed by atoms with Gasteiger partial charge in [0.2, 0.25) is 23.6 Å². The molecule has 1 aliphatic heterocycles. The summed E-state index contributed by atoms with van der Waals surface area (Å²) in [5, 5.41) is 26.2. The molecule has 0 aromatic rings. The molecule has 17 heteroatoms. The molecule has 1 heterocycles. The number of nitrogens with zero attached hydrogens (tertiary/aromatic N) is 1. The maximum atomic E-state index is 12.9.